The molecule has 0 aromatic carbocycles. The van der Waals surface area contributed by atoms with Crippen LogP contribution in [0, 0.1) is 0 Å². The number of aryl methyl sites for hydroxylation is 2. The summed E-state index contributed by atoms with van der Waals surface area (Å²) >= 11 is 0. The summed E-state index contributed by atoms with van der Waals surface area (Å²) in [5, 5.41) is 9.22. The molecule has 2 atom stereocenters. The first kappa shape index (κ1) is 61.1. The maximum absolute atomic E-state index is 13.6. The lowest BCUT2D eigenvalue weighted by molar-refractivity contribution is 0.144. The van der Waals surface area contributed by atoms with Gasteiger partial charge < -0.3 is 38.7 Å². The van der Waals surface area contributed by atoms with E-state index in [9.17, 15) is 26.4 Å². The SMILES string of the molecule is CCc1c2nc(-c3cc(S(=O)(=O)N4CCN(CC)CC4)cnc3OCCOC)[nH]c(=O)c2nn1C(C)c1ccccn1.CCc1c2nc(-c3cc(S(=O)(=O)N4CCN(CC)CC4)cnc3OCCOC)[nH]c(=O)c2nn1C(C)c1ccccn1. The minimum atomic E-state index is -3.85. The number of sulfonamides is 2. The van der Waals surface area contributed by atoms with Crippen molar-refractivity contribution in [3.63, 3.8) is 0 Å². The molecular formula is C56H72N16O10S2. The Labute approximate surface area is 487 Å². The maximum Gasteiger partial charge on any atom is 0.279 e. The minimum Gasteiger partial charge on any atom is -0.475 e. The van der Waals surface area contributed by atoms with Gasteiger partial charge in [0.05, 0.1) is 71.6 Å². The third-order valence-electron chi connectivity index (χ3n) is 15.0. The average Bonchev–Trinajstić information content (AvgIpc) is 2.22. The molecule has 0 saturated carbocycles. The van der Waals surface area contributed by atoms with Crippen LogP contribution in [0.2, 0.25) is 0 Å². The third-order valence-corrected chi connectivity index (χ3v) is 18.7. The number of hydrogen-bond acceptors (Lipinski definition) is 20. The number of methoxy groups -OCH3 is 2. The van der Waals surface area contributed by atoms with Gasteiger partial charge in [-0.2, -0.15) is 18.8 Å². The van der Waals surface area contributed by atoms with Gasteiger partial charge in [-0.05, 0) is 76.2 Å². The van der Waals surface area contributed by atoms with Gasteiger partial charge in [0.2, 0.25) is 31.8 Å². The monoisotopic (exact) mass is 1190 g/mol. The molecule has 0 aliphatic carbocycles. The van der Waals surface area contributed by atoms with E-state index >= 15 is 0 Å². The zero-order valence-corrected chi connectivity index (χ0v) is 50.2. The number of nitrogens with one attached hydrogen (secondary N) is 2. The number of nitrogens with zero attached hydrogens (tertiary/aromatic N) is 14. The maximum atomic E-state index is 13.6. The van der Waals surface area contributed by atoms with E-state index in [-0.39, 0.29) is 80.7 Å². The number of rotatable bonds is 22. The van der Waals surface area contributed by atoms with Crippen LogP contribution >= 0.6 is 0 Å². The van der Waals surface area contributed by atoms with Gasteiger partial charge in [-0.3, -0.25) is 28.9 Å². The van der Waals surface area contributed by atoms with Gasteiger partial charge in [0, 0.05) is 79.0 Å². The second-order valence-corrected chi connectivity index (χ2v) is 23.9. The molecule has 2 N–H and O–H groups in total. The molecular weight excluding hydrogens is 1120 g/mol. The van der Waals surface area contributed by atoms with Gasteiger partial charge >= 0.3 is 0 Å². The molecule has 8 aromatic rings. The van der Waals surface area contributed by atoms with E-state index in [1.165, 1.54) is 33.1 Å². The molecule has 26 nitrogen and oxygen atoms in total. The van der Waals surface area contributed by atoms with Crippen molar-refractivity contribution < 1.29 is 35.8 Å². The van der Waals surface area contributed by atoms with Crippen LogP contribution in [0.3, 0.4) is 0 Å². The molecule has 10 heterocycles. The molecule has 0 bridgehead atoms. The van der Waals surface area contributed by atoms with Crippen LogP contribution in [0.4, 0.5) is 0 Å². The van der Waals surface area contributed by atoms with Crippen LogP contribution < -0.4 is 20.6 Å². The summed E-state index contributed by atoms with van der Waals surface area (Å²) in [6, 6.07) is 13.7. The quantitative estimate of drug-likeness (QED) is 0.0899. The Morgan fingerprint density at radius 1 is 0.536 bits per heavy atom. The lowest BCUT2D eigenvalue weighted by Crippen LogP contribution is -2.48. The number of H-pyrrole nitrogens is 2. The van der Waals surface area contributed by atoms with Gasteiger partial charge in [-0.25, -0.2) is 36.8 Å². The molecule has 84 heavy (non-hydrogen) atoms. The fourth-order valence-corrected chi connectivity index (χ4v) is 12.9. The summed E-state index contributed by atoms with van der Waals surface area (Å²) in [5.74, 6) is 0.549. The molecule has 0 spiro atoms. The fourth-order valence-electron chi connectivity index (χ4n) is 10.2. The third kappa shape index (κ3) is 12.9. The number of ether oxygens (including phenoxy) is 4. The van der Waals surface area contributed by atoms with Crippen molar-refractivity contribution in [2.45, 2.75) is 76.3 Å². The number of likely N-dealkylation sites (N-methyl/N-ethyl adjacent to an activating group) is 2. The highest BCUT2D eigenvalue weighted by Crippen LogP contribution is 2.34. The van der Waals surface area contributed by atoms with Crippen molar-refractivity contribution >= 4 is 42.1 Å². The Hall–Kier alpha value is -7.44. The largest absolute Gasteiger partial charge is 0.475 e. The normalized spacial score (nSPS) is 15.7. The van der Waals surface area contributed by atoms with Crippen molar-refractivity contribution in [2.75, 3.05) is 106 Å². The van der Waals surface area contributed by atoms with E-state index in [0.717, 1.165) is 35.9 Å². The van der Waals surface area contributed by atoms with Crippen LogP contribution in [-0.4, -0.2) is 201 Å². The molecule has 448 valence electrons. The van der Waals surface area contributed by atoms with Crippen molar-refractivity contribution in [3.05, 3.63) is 117 Å². The summed E-state index contributed by atoms with van der Waals surface area (Å²) in [6.07, 6.45) is 7.11. The molecule has 2 aliphatic heterocycles. The first-order valence-corrected chi connectivity index (χ1v) is 31.0. The van der Waals surface area contributed by atoms with Crippen LogP contribution in [0.25, 0.3) is 44.8 Å². The molecule has 0 amide bonds. The Morgan fingerprint density at radius 3 is 1.26 bits per heavy atom. The summed E-state index contributed by atoms with van der Waals surface area (Å²) in [7, 11) is -4.60. The second kappa shape index (κ2) is 27.1. The fraction of sp³-hybridized carbons (Fsp3) is 0.464. The molecule has 2 aliphatic rings. The average molecular weight is 1190 g/mol. The summed E-state index contributed by atoms with van der Waals surface area (Å²) in [4.78, 5) is 63.9. The lowest BCUT2D eigenvalue weighted by atomic mass is 10.2. The zero-order valence-electron chi connectivity index (χ0n) is 48.6. The van der Waals surface area contributed by atoms with Crippen LogP contribution in [0.15, 0.2) is 92.7 Å². The summed E-state index contributed by atoms with van der Waals surface area (Å²) < 4.78 is 82.8. The van der Waals surface area contributed by atoms with Crippen LogP contribution in [-0.2, 0) is 42.4 Å². The number of piperazine rings is 2. The van der Waals surface area contributed by atoms with Crippen molar-refractivity contribution in [2.24, 2.45) is 0 Å². The van der Waals surface area contributed by atoms with Crippen molar-refractivity contribution in [1.29, 1.82) is 0 Å². The molecule has 8 aromatic heterocycles. The Bertz CT molecular complexity index is 3650. The van der Waals surface area contributed by atoms with Gasteiger partial charge in [-0.15, -0.1) is 0 Å². The number of aromatic amines is 2. The van der Waals surface area contributed by atoms with E-state index < -0.39 is 31.2 Å². The van der Waals surface area contributed by atoms with Crippen LogP contribution in [0.1, 0.15) is 76.4 Å². The number of pyridine rings is 4. The molecule has 0 radical (unpaired) electrons. The summed E-state index contributed by atoms with van der Waals surface area (Å²) in [6.45, 7) is 18.8. The summed E-state index contributed by atoms with van der Waals surface area (Å²) in [5.41, 5.74) is 3.92. The van der Waals surface area contributed by atoms with Gasteiger partial charge in [0.25, 0.3) is 11.1 Å². The molecule has 28 heteroatoms. The highest BCUT2D eigenvalue weighted by atomic mass is 32.2. The van der Waals surface area contributed by atoms with E-state index in [1.807, 2.05) is 64.1 Å². The standard InChI is InChI=1S/2C28H36N8O5S/c2*1-5-23-24-25(33-36(23)19(3)22-9-7-8-10-29-22)27(37)32-26(31-24)21-17-20(18-30-28(21)41-16-15-40-4)42(38,39)35-13-11-34(6-2)12-14-35/h2*7-10,17-19H,5-6,11-16H2,1-4H3,(H,31,32,37). The zero-order chi connectivity index (χ0) is 59.7. The second-order valence-electron chi connectivity index (χ2n) is 20.0. The Balaban J connectivity index is 0.000000202. The van der Waals surface area contributed by atoms with Gasteiger partial charge in [0.15, 0.2) is 11.0 Å². The highest BCUT2D eigenvalue weighted by Gasteiger charge is 2.33. The van der Waals surface area contributed by atoms with Gasteiger partial charge in [0.1, 0.15) is 45.7 Å². The molecule has 10 rings (SSSR count). The number of hydrogen-bond donors (Lipinski definition) is 2. The van der Waals surface area contributed by atoms with Crippen molar-refractivity contribution in [1.82, 2.24) is 77.8 Å². The number of aromatic nitrogens is 12. The lowest BCUT2D eigenvalue weighted by Gasteiger charge is -2.33. The van der Waals surface area contributed by atoms with E-state index in [2.05, 4.69) is 63.7 Å². The Morgan fingerprint density at radius 2 is 0.929 bits per heavy atom. The van der Waals surface area contributed by atoms with E-state index in [0.29, 0.717) is 89.4 Å². The van der Waals surface area contributed by atoms with Gasteiger partial charge in [-0.1, -0.05) is 39.8 Å². The predicted octanol–water partition coefficient (Wildman–Crippen LogP) is 4.20. The first-order chi connectivity index (χ1) is 40.6. The molecule has 2 saturated heterocycles. The molecule has 2 fully saturated rings. The smallest absolute Gasteiger partial charge is 0.279 e. The van der Waals surface area contributed by atoms with E-state index in [4.69, 9.17) is 28.9 Å². The first-order valence-electron chi connectivity index (χ1n) is 28.1. The minimum absolute atomic E-state index is 0.000490. The molecule has 2 unspecified atom stereocenters. The Kier molecular flexibility index (Phi) is 19.7. The number of fused-ring (bicyclic) bond motifs is 2. The van der Waals surface area contributed by atoms with Crippen LogP contribution in [0.5, 0.6) is 11.8 Å². The van der Waals surface area contributed by atoms with Crippen molar-refractivity contribution in [3.8, 4) is 34.5 Å². The topological polar surface area (TPSA) is 297 Å². The predicted molar refractivity (Wildman–Crippen MR) is 314 cm³/mol. The van der Waals surface area contributed by atoms with E-state index in [1.54, 1.807) is 36.0 Å². The highest BCUT2D eigenvalue weighted by molar-refractivity contribution is 7.89.